The van der Waals surface area contributed by atoms with Gasteiger partial charge in [-0.2, -0.15) is 5.10 Å². The van der Waals surface area contributed by atoms with Gasteiger partial charge in [0, 0.05) is 29.9 Å². The number of urea groups is 1. The Hall–Kier alpha value is -1.56. The first kappa shape index (κ1) is 18.2. The summed E-state index contributed by atoms with van der Waals surface area (Å²) in [5, 5.41) is 10.8. The smallest absolute Gasteiger partial charge is 0.318 e. The van der Waals surface area contributed by atoms with Crippen LogP contribution < -0.4 is 5.32 Å². The SMILES string of the molecule is Cc1n[nH]c(C)c1[C@@H]1CCCCCN1C(=O)N[C@@H]1CC[C@@H](N(C)C)C1. The highest BCUT2D eigenvalue weighted by atomic mass is 16.2. The number of likely N-dealkylation sites (tertiary alicyclic amines) is 1. The van der Waals surface area contributed by atoms with Gasteiger partial charge in [0.2, 0.25) is 0 Å². The van der Waals surface area contributed by atoms with Crippen LogP contribution >= 0.6 is 0 Å². The van der Waals surface area contributed by atoms with Crippen LogP contribution in [0.1, 0.15) is 67.9 Å². The third-order valence-corrected chi connectivity index (χ3v) is 5.99. The summed E-state index contributed by atoms with van der Waals surface area (Å²) in [6.45, 7) is 4.94. The minimum atomic E-state index is 0.108. The molecule has 0 aromatic carbocycles. The molecule has 3 rings (SSSR count). The Kier molecular flexibility index (Phi) is 5.67. The first-order valence-electron chi connectivity index (χ1n) is 9.72. The maximum atomic E-state index is 13.1. The van der Waals surface area contributed by atoms with Crippen LogP contribution in [0.3, 0.4) is 0 Å². The van der Waals surface area contributed by atoms with Gasteiger partial charge in [-0.1, -0.05) is 12.8 Å². The molecule has 1 saturated carbocycles. The zero-order chi connectivity index (χ0) is 18.0. The van der Waals surface area contributed by atoms with Crippen LogP contribution in [0.15, 0.2) is 0 Å². The van der Waals surface area contributed by atoms with Gasteiger partial charge < -0.3 is 15.1 Å². The van der Waals surface area contributed by atoms with E-state index in [0.29, 0.717) is 12.1 Å². The topological polar surface area (TPSA) is 64.3 Å². The zero-order valence-corrected chi connectivity index (χ0v) is 16.1. The number of carbonyl (C=O) groups is 1. The summed E-state index contributed by atoms with van der Waals surface area (Å²) in [6, 6.07) is 1.14. The number of carbonyl (C=O) groups excluding carboxylic acids is 1. The molecule has 1 aliphatic heterocycles. The highest BCUT2D eigenvalue weighted by Gasteiger charge is 2.33. The minimum absolute atomic E-state index is 0.108. The number of aryl methyl sites for hydroxylation is 2. The second-order valence-electron chi connectivity index (χ2n) is 7.98. The molecule has 0 bridgehead atoms. The van der Waals surface area contributed by atoms with Gasteiger partial charge in [0.15, 0.2) is 0 Å². The lowest BCUT2D eigenvalue weighted by molar-refractivity contribution is 0.171. The second-order valence-corrected chi connectivity index (χ2v) is 7.98. The van der Waals surface area contributed by atoms with E-state index in [-0.39, 0.29) is 12.1 Å². The third-order valence-electron chi connectivity index (χ3n) is 5.99. The number of nitrogens with zero attached hydrogens (tertiary/aromatic N) is 3. The molecule has 0 unspecified atom stereocenters. The van der Waals surface area contributed by atoms with Crippen molar-refractivity contribution in [2.45, 2.75) is 76.9 Å². The largest absolute Gasteiger partial charge is 0.335 e. The Morgan fingerprint density at radius 3 is 2.64 bits per heavy atom. The van der Waals surface area contributed by atoms with Gasteiger partial charge >= 0.3 is 6.03 Å². The molecule has 25 heavy (non-hydrogen) atoms. The molecule has 2 aliphatic rings. The monoisotopic (exact) mass is 347 g/mol. The van der Waals surface area contributed by atoms with Gasteiger partial charge in [0.05, 0.1) is 11.7 Å². The lowest BCUT2D eigenvalue weighted by atomic mass is 9.99. The number of rotatable bonds is 3. The zero-order valence-electron chi connectivity index (χ0n) is 16.1. The second kappa shape index (κ2) is 7.77. The van der Waals surface area contributed by atoms with Crippen LogP contribution in [0.25, 0.3) is 0 Å². The average Bonchev–Trinajstić information content (AvgIpc) is 3.07. The van der Waals surface area contributed by atoms with E-state index in [1.165, 1.54) is 24.8 Å². The molecule has 3 atom stereocenters. The molecule has 0 radical (unpaired) electrons. The number of hydrogen-bond donors (Lipinski definition) is 2. The molecule has 1 aliphatic carbocycles. The maximum Gasteiger partial charge on any atom is 0.318 e. The molecule has 1 aromatic rings. The molecule has 0 spiro atoms. The standard InChI is InChI=1S/C19H33N5O/c1-13-18(14(2)22-21-13)17-8-6-5-7-11-24(17)19(25)20-15-9-10-16(12-15)23(3)4/h15-17H,5-12H2,1-4H3,(H,20,25)(H,21,22)/t15-,16-,17+/m1/s1. The van der Waals surface area contributed by atoms with Crippen molar-refractivity contribution < 1.29 is 4.79 Å². The Balaban J connectivity index is 1.72. The van der Waals surface area contributed by atoms with Crippen LogP contribution in [-0.4, -0.2) is 58.8 Å². The molecule has 2 heterocycles. The van der Waals surface area contributed by atoms with Crippen LogP contribution in [0.2, 0.25) is 0 Å². The number of H-pyrrole nitrogens is 1. The first-order valence-corrected chi connectivity index (χ1v) is 9.72. The van der Waals surface area contributed by atoms with Crippen molar-refractivity contribution in [2.75, 3.05) is 20.6 Å². The fourth-order valence-corrected chi connectivity index (χ4v) is 4.52. The molecule has 2 fully saturated rings. The molecule has 6 nitrogen and oxygen atoms in total. The lowest BCUT2D eigenvalue weighted by Crippen LogP contribution is -2.46. The van der Waals surface area contributed by atoms with Crippen molar-refractivity contribution in [3.63, 3.8) is 0 Å². The molecule has 1 aromatic heterocycles. The Morgan fingerprint density at radius 1 is 1.20 bits per heavy atom. The van der Waals surface area contributed by atoms with Crippen molar-refractivity contribution in [2.24, 2.45) is 0 Å². The summed E-state index contributed by atoms with van der Waals surface area (Å²) >= 11 is 0. The van der Waals surface area contributed by atoms with Crippen molar-refractivity contribution in [3.05, 3.63) is 17.0 Å². The van der Waals surface area contributed by atoms with Gasteiger partial charge in [-0.05, 0) is 60.0 Å². The Bertz CT molecular complexity index is 577. The lowest BCUT2D eigenvalue weighted by Gasteiger charge is -2.32. The molecule has 2 N–H and O–H groups in total. The first-order chi connectivity index (χ1) is 12.0. The van der Waals surface area contributed by atoms with Crippen molar-refractivity contribution in [3.8, 4) is 0 Å². The normalized spacial score (nSPS) is 27.6. The summed E-state index contributed by atoms with van der Waals surface area (Å²) in [4.78, 5) is 17.4. The van der Waals surface area contributed by atoms with E-state index in [2.05, 4.69) is 46.3 Å². The van der Waals surface area contributed by atoms with Crippen LogP contribution in [-0.2, 0) is 0 Å². The van der Waals surface area contributed by atoms with Gasteiger partial charge in [-0.15, -0.1) is 0 Å². The Labute approximate surface area is 151 Å². The van der Waals surface area contributed by atoms with Crippen molar-refractivity contribution >= 4 is 6.03 Å². The summed E-state index contributed by atoms with van der Waals surface area (Å²) < 4.78 is 0. The van der Waals surface area contributed by atoms with E-state index in [9.17, 15) is 4.79 Å². The van der Waals surface area contributed by atoms with Gasteiger partial charge in [-0.3, -0.25) is 5.10 Å². The van der Waals surface area contributed by atoms with E-state index >= 15 is 0 Å². The minimum Gasteiger partial charge on any atom is -0.335 e. The summed E-state index contributed by atoms with van der Waals surface area (Å²) in [6.07, 6.45) is 7.79. The molecule has 2 amide bonds. The highest BCUT2D eigenvalue weighted by Crippen LogP contribution is 2.33. The fraction of sp³-hybridized carbons (Fsp3) is 0.789. The van der Waals surface area contributed by atoms with E-state index < -0.39 is 0 Å². The van der Waals surface area contributed by atoms with E-state index in [0.717, 1.165) is 43.6 Å². The number of aromatic nitrogens is 2. The van der Waals surface area contributed by atoms with Crippen LogP contribution in [0, 0.1) is 13.8 Å². The number of amides is 2. The quantitative estimate of drug-likeness (QED) is 0.883. The predicted octanol–water partition coefficient (Wildman–Crippen LogP) is 3.14. The fourth-order valence-electron chi connectivity index (χ4n) is 4.52. The van der Waals surface area contributed by atoms with Crippen molar-refractivity contribution in [1.29, 1.82) is 0 Å². The van der Waals surface area contributed by atoms with Gasteiger partial charge in [-0.25, -0.2) is 4.79 Å². The predicted molar refractivity (Wildman–Crippen MR) is 99.6 cm³/mol. The molecule has 140 valence electrons. The highest BCUT2D eigenvalue weighted by molar-refractivity contribution is 5.75. The molecular weight excluding hydrogens is 314 g/mol. The van der Waals surface area contributed by atoms with E-state index in [1.807, 2.05) is 6.92 Å². The third kappa shape index (κ3) is 4.00. The van der Waals surface area contributed by atoms with E-state index in [1.54, 1.807) is 0 Å². The summed E-state index contributed by atoms with van der Waals surface area (Å²) in [5.74, 6) is 0. The van der Waals surface area contributed by atoms with Crippen molar-refractivity contribution in [1.82, 2.24) is 25.3 Å². The van der Waals surface area contributed by atoms with Gasteiger partial charge in [0.1, 0.15) is 0 Å². The molecule has 6 heteroatoms. The Morgan fingerprint density at radius 2 is 2.00 bits per heavy atom. The number of aromatic amines is 1. The van der Waals surface area contributed by atoms with Crippen LogP contribution in [0.4, 0.5) is 4.79 Å². The molecular formula is C19H33N5O. The maximum absolute atomic E-state index is 13.1. The number of nitrogens with one attached hydrogen (secondary N) is 2. The summed E-state index contributed by atoms with van der Waals surface area (Å²) in [5.41, 5.74) is 3.33. The van der Waals surface area contributed by atoms with E-state index in [4.69, 9.17) is 0 Å². The summed E-state index contributed by atoms with van der Waals surface area (Å²) in [7, 11) is 4.26. The average molecular weight is 348 g/mol. The van der Waals surface area contributed by atoms with Gasteiger partial charge in [0.25, 0.3) is 0 Å². The molecule has 1 saturated heterocycles. The number of hydrogen-bond acceptors (Lipinski definition) is 3. The van der Waals surface area contributed by atoms with Crippen LogP contribution in [0.5, 0.6) is 0 Å².